The number of benzene rings is 1. The average molecular weight is 309 g/mol. The van der Waals surface area contributed by atoms with E-state index in [1.807, 2.05) is 19.1 Å². The largest absolute Gasteiger partial charge is 0.384 e. The Kier molecular flexibility index (Phi) is 4.26. The summed E-state index contributed by atoms with van der Waals surface area (Å²) in [6.45, 7) is 2.04. The average Bonchev–Trinajstić information content (AvgIpc) is 2.81. The van der Waals surface area contributed by atoms with Crippen LogP contribution in [0.1, 0.15) is 12.6 Å². The molecule has 0 aliphatic rings. The lowest BCUT2D eigenvalue weighted by atomic mass is 10.0. The number of thiophene rings is 1. The lowest BCUT2D eigenvalue weighted by Crippen LogP contribution is -1.97. The van der Waals surface area contributed by atoms with Gasteiger partial charge in [0.15, 0.2) is 0 Å². The monoisotopic (exact) mass is 308 g/mol. The van der Waals surface area contributed by atoms with Gasteiger partial charge in [0.05, 0.1) is 5.69 Å². The SMILES string of the molecule is CCc1nc(N)ccc1-c1csc2ccc(F)cc12.Cl. The minimum atomic E-state index is -0.214. The van der Waals surface area contributed by atoms with Crippen molar-refractivity contribution in [1.82, 2.24) is 4.98 Å². The second-order valence-electron chi connectivity index (χ2n) is 4.37. The van der Waals surface area contributed by atoms with E-state index in [9.17, 15) is 4.39 Å². The van der Waals surface area contributed by atoms with Gasteiger partial charge in [-0.1, -0.05) is 6.92 Å². The van der Waals surface area contributed by atoms with E-state index in [1.54, 1.807) is 23.5 Å². The molecule has 2 heterocycles. The van der Waals surface area contributed by atoms with Crippen molar-refractivity contribution in [3.8, 4) is 11.1 Å². The number of fused-ring (bicyclic) bond motifs is 1. The summed E-state index contributed by atoms with van der Waals surface area (Å²) in [7, 11) is 0. The van der Waals surface area contributed by atoms with E-state index in [2.05, 4.69) is 10.4 Å². The number of halogens is 2. The molecule has 0 aliphatic heterocycles. The standard InChI is InChI=1S/C15H13FN2S.ClH/c1-2-13-10(4-6-15(17)18-13)12-8-19-14-5-3-9(16)7-11(12)14;/h3-8H,2H2,1H3,(H2,17,18);1H. The van der Waals surface area contributed by atoms with Gasteiger partial charge in [-0.25, -0.2) is 9.37 Å². The zero-order valence-electron chi connectivity index (χ0n) is 10.9. The number of anilines is 1. The first kappa shape index (κ1) is 14.8. The maximum Gasteiger partial charge on any atom is 0.123 e. The Labute approximate surface area is 126 Å². The molecule has 104 valence electrons. The van der Waals surface area contributed by atoms with Gasteiger partial charge in [-0.15, -0.1) is 23.7 Å². The topological polar surface area (TPSA) is 38.9 Å². The molecule has 0 radical (unpaired) electrons. The summed E-state index contributed by atoms with van der Waals surface area (Å²) >= 11 is 1.62. The number of rotatable bonds is 2. The molecule has 2 nitrogen and oxygen atoms in total. The van der Waals surface area contributed by atoms with Crippen molar-refractivity contribution in [3.63, 3.8) is 0 Å². The number of aromatic nitrogens is 1. The quantitative estimate of drug-likeness (QED) is 0.747. The Bertz CT molecular complexity index is 755. The summed E-state index contributed by atoms with van der Waals surface area (Å²) in [6.07, 6.45) is 0.799. The molecule has 1 aromatic carbocycles. The summed E-state index contributed by atoms with van der Waals surface area (Å²) in [5, 5.41) is 2.99. The first-order chi connectivity index (χ1) is 9.19. The first-order valence-corrected chi connectivity index (χ1v) is 6.99. The maximum atomic E-state index is 13.4. The number of nitrogen functional groups attached to an aromatic ring is 1. The van der Waals surface area contributed by atoms with Crippen LogP contribution in [-0.4, -0.2) is 4.98 Å². The number of nitrogens with zero attached hydrogens (tertiary/aromatic N) is 1. The Balaban J connectivity index is 0.00000147. The van der Waals surface area contributed by atoms with Crippen molar-refractivity contribution < 1.29 is 4.39 Å². The highest BCUT2D eigenvalue weighted by Crippen LogP contribution is 2.36. The molecule has 2 aromatic heterocycles. The lowest BCUT2D eigenvalue weighted by molar-refractivity contribution is 0.630. The molecular weight excluding hydrogens is 295 g/mol. The van der Waals surface area contributed by atoms with E-state index in [0.29, 0.717) is 5.82 Å². The van der Waals surface area contributed by atoms with Gasteiger partial charge < -0.3 is 5.73 Å². The Hall–Kier alpha value is -1.65. The van der Waals surface area contributed by atoms with Gasteiger partial charge in [0, 0.05) is 21.2 Å². The first-order valence-electron chi connectivity index (χ1n) is 6.11. The molecule has 3 rings (SSSR count). The van der Waals surface area contributed by atoms with Gasteiger partial charge in [0.2, 0.25) is 0 Å². The molecule has 0 bridgehead atoms. The summed E-state index contributed by atoms with van der Waals surface area (Å²) < 4.78 is 14.5. The molecule has 0 aliphatic carbocycles. The second-order valence-corrected chi connectivity index (χ2v) is 5.29. The fraction of sp³-hybridized carbons (Fsp3) is 0.133. The molecular formula is C15H14ClFN2S. The van der Waals surface area contributed by atoms with Crippen LogP contribution in [0.4, 0.5) is 10.2 Å². The zero-order chi connectivity index (χ0) is 13.4. The molecule has 0 amide bonds. The van der Waals surface area contributed by atoms with Gasteiger partial charge in [-0.2, -0.15) is 0 Å². The second kappa shape index (κ2) is 5.77. The highest BCUT2D eigenvalue weighted by atomic mass is 35.5. The Morgan fingerprint density at radius 3 is 2.75 bits per heavy atom. The van der Waals surface area contributed by atoms with Crippen LogP contribution < -0.4 is 5.73 Å². The van der Waals surface area contributed by atoms with Crippen LogP contribution in [-0.2, 0) is 6.42 Å². The van der Waals surface area contributed by atoms with Gasteiger partial charge in [-0.3, -0.25) is 0 Å². The van der Waals surface area contributed by atoms with Gasteiger partial charge >= 0.3 is 0 Å². The number of nitrogens with two attached hydrogens (primary N) is 1. The molecule has 2 N–H and O–H groups in total. The molecule has 0 saturated heterocycles. The van der Waals surface area contributed by atoms with Crippen LogP contribution in [0.3, 0.4) is 0 Å². The van der Waals surface area contributed by atoms with Crippen LogP contribution in [0.2, 0.25) is 0 Å². The minimum absolute atomic E-state index is 0. The van der Waals surface area contributed by atoms with E-state index in [4.69, 9.17) is 5.73 Å². The minimum Gasteiger partial charge on any atom is -0.384 e. The third kappa shape index (κ3) is 2.49. The highest BCUT2D eigenvalue weighted by molar-refractivity contribution is 7.17. The third-order valence-corrected chi connectivity index (χ3v) is 4.12. The van der Waals surface area contributed by atoms with E-state index in [-0.39, 0.29) is 18.2 Å². The van der Waals surface area contributed by atoms with Crippen molar-refractivity contribution >= 4 is 39.6 Å². The van der Waals surface area contributed by atoms with E-state index in [0.717, 1.165) is 33.3 Å². The summed E-state index contributed by atoms with van der Waals surface area (Å²) in [6, 6.07) is 8.64. The Morgan fingerprint density at radius 1 is 1.20 bits per heavy atom. The molecule has 20 heavy (non-hydrogen) atoms. The maximum absolute atomic E-state index is 13.4. The Morgan fingerprint density at radius 2 is 2.00 bits per heavy atom. The van der Waals surface area contributed by atoms with Crippen LogP contribution in [0.5, 0.6) is 0 Å². The van der Waals surface area contributed by atoms with E-state index in [1.165, 1.54) is 6.07 Å². The van der Waals surface area contributed by atoms with Crippen LogP contribution in [0.25, 0.3) is 21.2 Å². The fourth-order valence-electron chi connectivity index (χ4n) is 2.24. The van der Waals surface area contributed by atoms with Crippen molar-refractivity contribution in [2.45, 2.75) is 13.3 Å². The fourth-order valence-corrected chi connectivity index (χ4v) is 3.18. The number of aryl methyl sites for hydroxylation is 1. The van der Waals surface area contributed by atoms with Crippen molar-refractivity contribution in [1.29, 1.82) is 0 Å². The predicted octanol–water partition coefficient (Wildman–Crippen LogP) is 4.67. The summed E-state index contributed by atoms with van der Waals surface area (Å²) in [5.74, 6) is 0.305. The summed E-state index contributed by atoms with van der Waals surface area (Å²) in [4.78, 5) is 4.37. The molecule has 0 fully saturated rings. The predicted molar refractivity (Wildman–Crippen MR) is 86.1 cm³/mol. The van der Waals surface area contributed by atoms with Crippen LogP contribution in [0.15, 0.2) is 35.7 Å². The molecule has 0 spiro atoms. The molecule has 0 atom stereocenters. The zero-order valence-corrected chi connectivity index (χ0v) is 12.5. The van der Waals surface area contributed by atoms with Crippen molar-refractivity contribution in [2.24, 2.45) is 0 Å². The number of hydrogen-bond acceptors (Lipinski definition) is 3. The van der Waals surface area contributed by atoms with Crippen LogP contribution in [0, 0.1) is 5.82 Å². The molecule has 3 aromatic rings. The molecule has 0 saturated carbocycles. The van der Waals surface area contributed by atoms with E-state index < -0.39 is 0 Å². The van der Waals surface area contributed by atoms with Crippen molar-refractivity contribution in [2.75, 3.05) is 5.73 Å². The van der Waals surface area contributed by atoms with Gasteiger partial charge in [0.25, 0.3) is 0 Å². The van der Waals surface area contributed by atoms with Crippen LogP contribution >= 0.6 is 23.7 Å². The van der Waals surface area contributed by atoms with Gasteiger partial charge in [0.1, 0.15) is 11.6 Å². The smallest absolute Gasteiger partial charge is 0.123 e. The highest BCUT2D eigenvalue weighted by Gasteiger charge is 2.11. The number of pyridine rings is 1. The molecule has 0 unspecified atom stereocenters. The normalized spacial score (nSPS) is 10.5. The molecule has 5 heteroatoms. The van der Waals surface area contributed by atoms with Gasteiger partial charge in [-0.05, 0) is 42.1 Å². The van der Waals surface area contributed by atoms with E-state index >= 15 is 0 Å². The lowest BCUT2D eigenvalue weighted by Gasteiger charge is -2.07. The summed E-state index contributed by atoms with van der Waals surface area (Å²) in [5.41, 5.74) is 8.74. The number of hydrogen-bond donors (Lipinski definition) is 1. The third-order valence-electron chi connectivity index (χ3n) is 3.16. The van der Waals surface area contributed by atoms with Crippen molar-refractivity contribution in [3.05, 3.63) is 47.2 Å².